The molecule has 0 bridgehead atoms. The third kappa shape index (κ3) is 4.34. The summed E-state index contributed by atoms with van der Waals surface area (Å²) < 4.78 is 18.9. The van der Waals surface area contributed by atoms with Crippen molar-refractivity contribution in [2.45, 2.75) is 33.2 Å². The average molecular weight is 293 g/mol. The molecular formula is C16H24FN3O. The Morgan fingerprint density at radius 1 is 1.43 bits per heavy atom. The first kappa shape index (κ1) is 15.6. The second-order valence-electron chi connectivity index (χ2n) is 5.54. The SMILES string of the molecule is CCOc1ccc(CN=C(N)N2CCC(C)CC2)cc1F. The van der Waals surface area contributed by atoms with E-state index in [2.05, 4.69) is 16.8 Å². The summed E-state index contributed by atoms with van der Waals surface area (Å²) in [6.45, 7) is 6.84. The molecule has 0 saturated carbocycles. The van der Waals surface area contributed by atoms with E-state index in [0.29, 0.717) is 19.1 Å². The Morgan fingerprint density at radius 3 is 2.76 bits per heavy atom. The van der Waals surface area contributed by atoms with Gasteiger partial charge in [-0.25, -0.2) is 9.38 Å². The molecular weight excluding hydrogens is 269 g/mol. The molecule has 0 aromatic heterocycles. The number of nitrogens with zero attached hydrogens (tertiary/aromatic N) is 2. The van der Waals surface area contributed by atoms with Crippen LogP contribution >= 0.6 is 0 Å². The van der Waals surface area contributed by atoms with Crippen LogP contribution in [-0.4, -0.2) is 30.6 Å². The Kier molecular flexibility index (Phi) is 5.42. The monoisotopic (exact) mass is 293 g/mol. The molecule has 1 aromatic rings. The Balaban J connectivity index is 1.95. The van der Waals surface area contributed by atoms with Crippen molar-refractivity contribution in [3.8, 4) is 5.75 Å². The molecule has 5 heteroatoms. The molecule has 1 saturated heterocycles. The first-order valence-electron chi connectivity index (χ1n) is 7.56. The van der Waals surface area contributed by atoms with Crippen molar-refractivity contribution in [1.29, 1.82) is 0 Å². The molecule has 4 nitrogen and oxygen atoms in total. The van der Waals surface area contributed by atoms with E-state index < -0.39 is 0 Å². The number of piperidine rings is 1. The molecule has 0 amide bonds. The van der Waals surface area contributed by atoms with Crippen molar-refractivity contribution in [3.05, 3.63) is 29.6 Å². The maximum Gasteiger partial charge on any atom is 0.191 e. The minimum atomic E-state index is -0.352. The van der Waals surface area contributed by atoms with Gasteiger partial charge in [-0.05, 0) is 43.4 Å². The van der Waals surface area contributed by atoms with Crippen LogP contribution in [0.2, 0.25) is 0 Å². The average Bonchev–Trinajstić information content (AvgIpc) is 2.48. The van der Waals surface area contributed by atoms with E-state index in [1.54, 1.807) is 6.07 Å². The van der Waals surface area contributed by atoms with Gasteiger partial charge in [-0.15, -0.1) is 0 Å². The van der Waals surface area contributed by atoms with Gasteiger partial charge >= 0.3 is 0 Å². The Hall–Kier alpha value is -1.78. The van der Waals surface area contributed by atoms with Gasteiger partial charge in [-0.2, -0.15) is 0 Å². The number of guanidine groups is 1. The van der Waals surface area contributed by atoms with Crippen molar-refractivity contribution in [2.75, 3.05) is 19.7 Å². The lowest BCUT2D eigenvalue weighted by molar-refractivity contribution is 0.277. The third-order valence-electron chi connectivity index (χ3n) is 3.83. The molecule has 1 aromatic carbocycles. The normalized spacial score (nSPS) is 17.1. The highest BCUT2D eigenvalue weighted by atomic mass is 19.1. The summed E-state index contributed by atoms with van der Waals surface area (Å²) in [7, 11) is 0. The van der Waals surface area contributed by atoms with Crippen LogP contribution in [-0.2, 0) is 6.54 Å². The second-order valence-corrected chi connectivity index (χ2v) is 5.54. The van der Waals surface area contributed by atoms with E-state index in [4.69, 9.17) is 10.5 Å². The second kappa shape index (κ2) is 7.29. The summed E-state index contributed by atoms with van der Waals surface area (Å²) in [4.78, 5) is 6.47. The molecule has 0 unspecified atom stereocenters. The van der Waals surface area contributed by atoms with Gasteiger partial charge in [0.15, 0.2) is 17.5 Å². The first-order chi connectivity index (χ1) is 10.1. The summed E-state index contributed by atoms with van der Waals surface area (Å²) in [5, 5.41) is 0. The lowest BCUT2D eigenvalue weighted by Crippen LogP contribution is -2.42. The highest BCUT2D eigenvalue weighted by Crippen LogP contribution is 2.19. The number of rotatable bonds is 4. The maximum atomic E-state index is 13.7. The number of halogens is 1. The van der Waals surface area contributed by atoms with Crippen molar-refractivity contribution in [2.24, 2.45) is 16.6 Å². The Bertz CT molecular complexity index is 496. The Labute approximate surface area is 125 Å². The lowest BCUT2D eigenvalue weighted by atomic mass is 10.00. The third-order valence-corrected chi connectivity index (χ3v) is 3.83. The van der Waals surface area contributed by atoms with Crippen LogP contribution in [0.1, 0.15) is 32.3 Å². The lowest BCUT2D eigenvalue weighted by Gasteiger charge is -2.31. The molecule has 0 radical (unpaired) electrons. The quantitative estimate of drug-likeness (QED) is 0.686. The molecule has 0 aliphatic carbocycles. The van der Waals surface area contributed by atoms with Gasteiger partial charge < -0.3 is 15.4 Å². The number of ether oxygens (including phenoxy) is 1. The van der Waals surface area contributed by atoms with Gasteiger partial charge in [0, 0.05) is 13.1 Å². The molecule has 0 spiro atoms. The number of nitrogens with two attached hydrogens (primary N) is 1. The van der Waals surface area contributed by atoms with E-state index >= 15 is 0 Å². The molecule has 2 rings (SSSR count). The molecule has 1 heterocycles. The predicted molar refractivity (Wildman–Crippen MR) is 82.9 cm³/mol. The molecule has 1 fully saturated rings. The van der Waals surface area contributed by atoms with Gasteiger partial charge in [-0.3, -0.25) is 0 Å². The maximum absolute atomic E-state index is 13.7. The molecule has 2 N–H and O–H groups in total. The highest BCUT2D eigenvalue weighted by molar-refractivity contribution is 5.78. The smallest absolute Gasteiger partial charge is 0.191 e. The molecule has 0 atom stereocenters. The van der Waals surface area contributed by atoms with Crippen molar-refractivity contribution < 1.29 is 9.13 Å². The van der Waals surface area contributed by atoms with E-state index in [-0.39, 0.29) is 11.6 Å². The molecule has 21 heavy (non-hydrogen) atoms. The summed E-state index contributed by atoms with van der Waals surface area (Å²) in [5.41, 5.74) is 6.81. The number of aliphatic imine (C=N–C) groups is 1. The fourth-order valence-corrected chi connectivity index (χ4v) is 2.43. The molecule has 116 valence electrons. The van der Waals surface area contributed by atoms with Gasteiger partial charge in [0.25, 0.3) is 0 Å². The fourth-order valence-electron chi connectivity index (χ4n) is 2.43. The number of hydrogen-bond acceptors (Lipinski definition) is 2. The van der Waals surface area contributed by atoms with Crippen LogP contribution in [0.5, 0.6) is 5.75 Å². The van der Waals surface area contributed by atoms with E-state index in [9.17, 15) is 4.39 Å². The minimum Gasteiger partial charge on any atom is -0.491 e. The standard InChI is InChI=1S/C16H24FN3O/c1-3-21-15-5-4-13(10-14(15)17)11-19-16(18)20-8-6-12(2)7-9-20/h4-5,10,12H,3,6-9,11H2,1-2H3,(H2,18,19). The first-order valence-corrected chi connectivity index (χ1v) is 7.56. The molecule has 1 aliphatic heterocycles. The minimum absolute atomic E-state index is 0.281. The van der Waals surface area contributed by atoms with E-state index in [0.717, 1.165) is 37.4 Å². The van der Waals surface area contributed by atoms with E-state index in [1.165, 1.54) is 6.07 Å². The topological polar surface area (TPSA) is 50.9 Å². The highest BCUT2D eigenvalue weighted by Gasteiger charge is 2.16. The van der Waals surface area contributed by atoms with Crippen LogP contribution in [0.3, 0.4) is 0 Å². The van der Waals surface area contributed by atoms with Crippen molar-refractivity contribution in [1.82, 2.24) is 4.90 Å². The van der Waals surface area contributed by atoms with Gasteiger partial charge in [0.2, 0.25) is 0 Å². The van der Waals surface area contributed by atoms with Crippen molar-refractivity contribution >= 4 is 5.96 Å². The van der Waals surface area contributed by atoms with Gasteiger partial charge in [-0.1, -0.05) is 13.0 Å². The van der Waals surface area contributed by atoms with Gasteiger partial charge in [0.05, 0.1) is 13.2 Å². The summed E-state index contributed by atoms with van der Waals surface area (Å²) in [6.07, 6.45) is 2.29. The molecule has 1 aliphatic rings. The number of benzene rings is 1. The zero-order chi connectivity index (χ0) is 15.2. The number of likely N-dealkylation sites (tertiary alicyclic amines) is 1. The largest absolute Gasteiger partial charge is 0.491 e. The van der Waals surface area contributed by atoms with Crippen LogP contribution < -0.4 is 10.5 Å². The summed E-state index contributed by atoms with van der Waals surface area (Å²) >= 11 is 0. The Morgan fingerprint density at radius 2 is 2.14 bits per heavy atom. The van der Waals surface area contributed by atoms with Crippen LogP contribution in [0.15, 0.2) is 23.2 Å². The summed E-state index contributed by atoms with van der Waals surface area (Å²) in [5.74, 6) is 1.24. The van der Waals surface area contributed by atoms with Crippen LogP contribution in [0, 0.1) is 11.7 Å². The van der Waals surface area contributed by atoms with E-state index in [1.807, 2.05) is 13.0 Å². The van der Waals surface area contributed by atoms with Gasteiger partial charge in [0.1, 0.15) is 0 Å². The van der Waals surface area contributed by atoms with Crippen molar-refractivity contribution in [3.63, 3.8) is 0 Å². The van der Waals surface area contributed by atoms with Crippen LogP contribution in [0.4, 0.5) is 4.39 Å². The zero-order valence-electron chi connectivity index (χ0n) is 12.8. The zero-order valence-corrected chi connectivity index (χ0v) is 12.8. The summed E-state index contributed by atoms with van der Waals surface area (Å²) in [6, 6.07) is 4.92. The predicted octanol–water partition coefficient (Wildman–Crippen LogP) is 2.77. The van der Waals surface area contributed by atoms with Crippen LogP contribution in [0.25, 0.3) is 0 Å². The number of hydrogen-bond donors (Lipinski definition) is 1. The fraction of sp³-hybridized carbons (Fsp3) is 0.562.